The summed E-state index contributed by atoms with van der Waals surface area (Å²) >= 11 is 0. The lowest BCUT2D eigenvalue weighted by atomic mass is 9.96. The second kappa shape index (κ2) is 5.84. The largest absolute Gasteiger partial charge is 0.369 e. The maximum atomic E-state index is 5.20. The van der Waals surface area contributed by atoms with Crippen LogP contribution < -0.4 is 5.32 Å². The second-order valence-corrected chi connectivity index (χ2v) is 5.73. The van der Waals surface area contributed by atoms with E-state index in [4.69, 9.17) is 4.52 Å². The zero-order valence-corrected chi connectivity index (χ0v) is 13.0. The highest BCUT2D eigenvalue weighted by Gasteiger charge is 2.17. The highest BCUT2D eigenvalue weighted by Crippen LogP contribution is 2.25. The molecule has 0 saturated heterocycles. The van der Waals surface area contributed by atoms with Crippen LogP contribution in [0.4, 0.5) is 5.82 Å². The topological polar surface area (TPSA) is 63.8 Å². The lowest BCUT2D eigenvalue weighted by Crippen LogP contribution is -2.15. The Morgan fingerprint density at radius 3 is 2.67 bits per heavy atom. The number of rotatable bonds is 4. The first-order chi connectivity index (χ1) is 10.1. The minimum Gasteiger partial charge on any atom is -0.369 e. The van der Waals surface area contributed by atoms with Crippen LogP contribution in [0.15, 0.2) is 4.52 Å². The molecule has 0 aliphatic heterocycles. The van der Waals surface area contributed by atoms with Gasteiger partial charge in [0.05, 0.1) is 5.69 Å². The van der Waals surface area contributed by atoms with Gasteiger partial charge in [0.1, 0.15) is 17.4 Å². The fourth-order valence-corrected chi connectivity index (χ4v) is 3.03. The van der Waals surface area contributed by atoms with Crippen LogP contribution in [-0.2, 0) is 19.3 Å². The van der Waals surface area contributed by atoms with Gasteiger partial charge in [-0.2, -0.15) is 0 Å². The standard InChI is InChI=1S/C16H22N4O/c1-10-13(11(2)21-20-10)8-9-17-16-14-6-4-5-7-15(14)18-12(3)19-16/h4-9H2,1-3H3,(H,17,18,19). The number of fused-ring (bicyclic) bond motifs is 1. The molecule has 0 radical (unpaired) electrons. The van der Waals surface area contributed by atoms with Gasteiger partial charge in [-0.05, 0) is 52.9 Å². The number of anilines is 1. The molecule has 1 aliphatic carbocycles. The average molecular weight is 286 g/mol. The highest BCUT2D eigenvalue weighted by molar-refractivity contribution is 5.48. The van der Waals surface area contributed by atoms with Gasteiger partial charge >= 0.3 is 0 Å². The van der Waals surface area contributed by atoms with Gasteiger partial charge in [0.15, 0.2) is 0 Å². The van der Waals surface area contributed by atoms with E-state index < -0.39 is 0 Å². The third kappa shape index (κ3) is 2.91. The first-order valence-electron chi connectivity index (χ1n) is 7.67. The Morgan fingerprint density at radius 1 is 1.10 bits per heavy atom. The molecule has 0 amide bonds. The van der Waals surface area contributed by atoms with Crippen LogP contribution in [0, 0.1) is 20.8 Å². The van der Waals surface area contributed by atoms with Crippen molar-refractivity contribution in [2.24, 2.45) is 0 Å². The molecule has 2 aromatic heterocycles. The van der Waals surface area contributed by atoms with E-state index in [1.54, 1.807) is 0 Å². The molecule has 2 heterocycles. The lowest BCUT2D eigenvalue weighted by Gasteiger charge is -2.19. The summed E-state index contributed by atoms with van der Waals surface area (Å²) in [5.41, 5.74) is 4.72. The number of nitrogens with one attached hydrogen (secondary N) is 1. The number of aryl methyl sites for hydroxylation is 4. The SMILES string of the molecule is Cc1nc2c(c(NCCc3c(C)noc3C)n1)CCCC2. The predicted octanol–water partition coefficient (Wildman–Crippen LogP) is 2.92. The van der Waals surface area contributed by atoms with E-state index in [-0.39, 0.29) is 0 Å². The van der Waals surface area contributed by atoms with Crippen molar-refractivity contribution in [2.75, 3.05) is 11.9 Å². The lowest BCUT2D eigenvalue weighted by molar-refractivity contribution is 0.392. The molecule has 5 nitrogen and oxygen atoms in total. The Kier molecular flexibility index (Phi) is 3.90. The van der Waals surface area contributed by atoms with Gasteiger partial charge in [0.2, 0.25) is 0 Å². The molecule has 2 aromatic rings. The first-order valence-corrected chi connectivity index (χ1v) is 7.67. The molecular formula is C16H22N4O. The van der Waals surface area contributed by atoms with Crippen molar-refractivity contribution in [2.45, 2.75) is 52.9 Å². The van der Waals surface area contributed by atoms with Crippen LogP contribution in [0.25, 0.3) is 0 Å². The van der Waals surface area contributed by atoms with Crippen LogP contribution in [0.5, 0.6) is 0 Å². The third-order valence-electron chi connectivity index (χ3n) is 4.14. The quantitative estimate of drug-likeness (QED) is 0.936. The number of hydrogen-bond acceptors (Lipinski definition) is 5. The van der Waals surface area contributed by atoms with Crippen LogP contribution in [0.2, 0.25) is 0 Å². The van der Waals surface area contributed by atoms with Crippen molar-refractivity contribution < 1.29 is 4.52 Å². The summed E-state index contributed by atoms with van der Waals surface area (Å²) in [5.74, 6) is 2.79. The molecule has 0 spiro atoms. The average Bonchev–Trinajstić information content (AvgIpc) is 2.78. The molecule has 1 N–H and O–H groups in total. The molecule has 0 unspecified atom stereocenters. The van der Waals surface area contributed by atoms with E-state index in [2.05, 4.69) is 20.4 Å². The molecule has 112 valence electrons. The molecule has 0 saturated carbocycles. The van der Waals surface area contributed by atoms with E-state index in [1.807, 2.05) is 20.8 Å². The van der Waals surface area contributed by atoms with Gasteiger partial charge in [-0.3, -0.25) is 0 Å². The Bertz CT molecular complexity index is 628. The zero-order valence-electron chi connectivity index (χ0n) is 13.0. The Labute approximate surface area is 125 Å². The molecule has 0 atom stereocenters. The van der Waals surface area contributed by atoms with Gasteiger partial charge in [-0.15, -0.1) is 0 Å². The van der Waals surface area contributed by atoms with Crippen molar-refractivity contribution >= 4 is 5.82 Å². The summed E-state index contributed by atoms with van der Waals surface area (Å²) in [4.78, 5) is 9.17. The van der Waals surface area contributed by atoms with Crippen molar-refractivity contribution in [3.63, 3.8) is 0 Å². The summed E-state index contributed by atoms with van der Waals surface area (Å²) in [7, 11) is 0. The first kappa shape index (κ1) is 14.0. The van der Waals surface area contributed by atoms with E-state index >= 15 is 0 Å². The zero-order chi connectivity index (χ0) is 14.8. The fourth-order valence-electron chi connectivity index (χ4n) is 3.03. The fraction of sp³-hybridized carbons (Fsp3) is 0.562. The van der Waals surface area contributed by atoms with E-state index in [9.17, 15) is 0 Å². The minimum atomic E-state index is 0.839. The Balaban J connectivity index is 1.72. The summed E-state index contributed by atoms with van der Waals surface area (Å²) < 4.78 is 5.20. The second-order valence-electron chi connectivity index (χ2n) is 5.73. The van der Waals surface area contributed by atoms with Gasteiger partial charge in [-0.1, -0.05) is 5.16 Å². The molecule has 3 rings (SSSR count). The van der Waals surface area contributed by atoms with Crippen molar-refractivity contribution in [3.05, 3.63) is 34.1 Å². The van der Waals surface area contributed by atoms with E-state index in [1.165, 1.54) is 29.7 Å². The molecule has 0 aromatic carbocycles. The smallest absolute Gasteiger partial charge is 0.137 e. The Morgan fingerprint density at radius 2 is 1.90 bits per heavy atom. The molecular weight excluding hydrogens is 264 g/mol. The third-order valence-corrected chi connectivity index (χ3v) is 4.14. The molecule has 0 bridgehead atoms. The molecule has 1 aliphatic rings. The van der Waals surface area contributed by atoms with Crippen LogP contribution in [-0.4, -0.2) is 21.7 Å². The maximum Gasteiger partial charge on any atom is 0.137 e. The minimum absolute atomic E-state index is 0.839. The van der Waals surface area contributed by atoms with Gasteiger partial charge in [0, 0.05) is 23.4 Å². The number of hydrogen-bond donors (Lipinski definition) is 1. The van der Waals surface area contributed by atoms with Gasteiger partial charge in [-0.25, -0.2) is 9.97 Å². The highest BCUT2D eigenvalue weighted by atomic mass is 16.5. The normalized spacial score (nSPS) is 14.0. The summed E-state index contributed by atoms with van der Waals surface area (Å²) in [6.07, 6.45) is 5.54. The van der Waals surface area contributed by atoms with Crippen molar-refractivity contribution in [1.82, 2.24) is 15.1 Å². The van der Waals surface area contributed by atoms with Gasteiger partial charge in [0.25, 0.3) is 0 Å². The maximum absolute atomic E-state index is 5.20. The number of aromatic nitrogens is 3. The Hall–Kier alpha value is -1.91. The van der Waals surface area contributed by atoms with Crippen molar-refractivity contribution in [1.29, 1.82) is 0 Å². The summed E-state index contributed by atoms with van der Waals surface area (Å²) in [6.45, 7) is 6.76. The molecule has 21 heavy (non-hydrogen) atoms. The van der Waals surface area contributed by atoms with Crippen LogP contribution in [0.3, 0.4) is 0 Å². The summed E-state index contributed by atoms with van der Waals surface area (Å²) in [6, 6.07) is 0. The molecule has 5 heteroatoms. The predicted molar refractivity (Wildman–Crippen MR) is 81.6 cm³/mol. The van der Waals surface area contributed by atoms with E-state index in [0.29, 0.717) is 0 Å². The van der Waals surface area contributed by atoms with Crippen molar-refractivity contribution in [3.8, 4) is 0 Å². The monoisotopic (exact) mass is 286 g/mol. The van der Waals surface area contributed by atoms with Crippen LogP contribution >= 0.6 is 0 Å². The van der Waals surface area contributed by atoms with E-state index in [0.717, 1.165) is 48.9 Å². The molecule has 0 fully saturated rings. The van der Waals surface area contributed by atoms with Crippen LogP contribution in [0.1, 0.15) is 46.9 Å². The van der Waals surface area contributed by atoms with Gasteiger partial charge < -0.3 is 9.84 Å². The summed E-state index contributed by atoms with van der Waals surface area (Å²) in [5, 5.41) is 7.48. The number of nitrogens with zero attached hydrogens (tertiary/aromatic N) is 3.